The molecule has 1 aliphatic rings. The fourth-order valence-corrected chi connectivity index (χ4v) is 2.97. The van der Waals surface area contributed by atoms with E-state index >= 15 is 0 Å². The molecular weight excluding hydrogens is 204 g/mol. The highest BCUT2D eigenvalue weighted by Crippen LogP contribution is 2.41. The molecule has 2 nitrogen and oxygen atoms in total. The van der Waals surface area contributed by atoms with Crippen molar-refractivity contribution in [2.24, 2.45) is 5.92 Å². The van der Waals surface area contributed by atoms with Crippen LogP contribution in [-0.2, 0) is 9.22 Å². The SMILES string of the molecule is CC(=O)[C@H]1C[C@@H](O[Si](C)(C)C(C)(C)C)C1. The van der Waals surface area contributed by atoms with Crippen molar-refractivity contribution in [2.45, 2.75) is 64.8 Å². The molecule has 1 aliphatic carbocycles. The Morgan fingerprint density at radius 1 is 1.27 bits per heavy atom. The van der Waals surface area contributed by atoms with E-state index in [0.29, 0.717) is 11.9 Å². The molecule has 0 aromatic heterocycles. The molecule has 3 heteroatoms. The van der Waals surface area contributed by atoms with Gasteiger partial charge in [-0.05, 0) is 37.9 Å². The Morgan fingerprint density at radius 2 is 1.73 bits per heavy atom. The van der Waals surface area contributed by atoms with E-state index in [0.717, 1.165) is 12.8 Å². The van der Waals surface area contributed by atoms with Crippen LogP contribution in [-0.4, -0.2) is 20.2 Å². The second kappa shape index (κ2) is 4.02. The van der Waals surface area contributed by atoms with Crippen molar-refractivity contribution in [2.75, 3.05) is 0 Å². The molecule has 88 valence electrons. The number of hydrogen-bond donors (Lipinski definition) is 0. The Balaban J connectivity index is 2.42. The second-order valence-electron chi connectivity index (χ2n) is 6.28. The lowest BCUT2D eigenvalue weighted by atomic mass is 9.80. The van der Waals surface area contributed by atoms with Crippen LogP contribution in [0.5, 0.6) is 0 Å². The molecule has 0 saturated heterocycles. The highest BCUT2D eigenvalue weighted by Gasteiger charge is 2.43. The van der Waals surface area contributed by atoms with Crippen LogP contribution in [0.25, 0.3) is 0 Å². The summed E-state index contributed by atoms with van der Waals surface area (Å²) in [6, 6.07) is 0. The molecule has 0 bridgehead atoms. The van der Waals surface area contributed by atoms with Gasteiger partial charge in [-0.1, -0.05) is 20.8 Å². The van der Waals surface area contributed by atoms with Crippen molar-refractivity contribution in [3.05, 3.63) is 0 Å². The van der Waals surface area contributed by atoms with Crippen molar-refractivity contribution >= 4 is 14.1 Å². The lowest BCUT2D eigenvalue weighted by molar-refractivity contribution is -0.126. The number of Topliss-reactive ketones (excluding diaryl/α,β-unsaturated/α-hetero) is 1. The first-order valence-electron chi connectivity index (χ1n) is 5.82. The number of carbonyl (C=O) groups is 1. The summed E-state index contributed by atoms with van der Waals surface area (Å²) in [5.74, 6) is 0.602. The third-order valence-electron chi connectivity index (χ3n) is 3.94. The second-order valence-corrected chi connectivity index (χ2v) is 11.0. The van der Waals surface area contributed by atoms with Gasteiger partial charge < -0.3 is 4.43 Å². The van der Waals surface area contributed by atoms with Gasteiger partial charge in [0.2, 0.25) is 0 Å². The number of carbonyl (C=O) groups excluding carboxylic acids is 1. The average molecular weight is 228 g/mol. The fraction of sp³-hybridized carbons (Fsp3) is 0.917. The van der Waals surface area contributed by atoms with E-state index in [1.807, 2.05) is 0 Å². The molecule has 15 heavy (non-hydrogen) atoms. The van der Waals surface area contributed by atoms with Crippen LogP contribution >= 0.6 is 0 Å². The van der Waals surface area contributed by atoms with E-state index < -0.39 is 8.32 Å². The molecule has 0 N–H and O–H groups in total. The largest absolute Gasteiger partial charge is 0.414 e. The average Bonchev–Trinajstić information content (AvgIpc) is 1.92. The predicted octanol–water partition coefficient (Wildman–Crippen LogP) is 3.38. The molecule has 0 spiro atoms. The monoisotopic (exact) mass is 228 g/mol. The first-order valence-corrected chi connectivity index (χ1v) is 8.72. The molecule has 0 radical (unpaired) electrons. The van der Waals surface area contributed by atoms with Gasteiger partial charge in [-0.2, -0.15) is 0 Å². The van der Waals surface area contributed by atoms with Crippen LogP contribution in [0.2, 0.25) is 18.1 Å². The summed E-state index contributed by atoms with van der Waals surface area (Å²) in [4.78, 5) is 11.1. The predicted molar refractivity (Wildman–Crippen MR) is 65.5 cm³/mol. The number of rotatable bonds is 3. The maximum atomic E-state index is 11.1. The van der Waals surface area contributed by atoms with Gasteiger partial charge >= 0.3 is 0 Å². The Hall–Kier alpha value is -0.153. The van der Waals surface area contributed by atoms with Gasteiger partial charge in [-0.15, -0.1) is 0 Å². The van der Waals surface area contributed by atoms with E-state index in [1.165, 1.54) is 0 Å². The maximum absolute atomic E-state index is 11.1. The molecule has 0 aromatic rings. The van der Waals surface area contributed by atoms with Crippen LogP contribution < -0.4 is 0 Å². The zero-order valence-corrected chi connectivity index (χ0v) is 11.9. The quantitative estimate of drug-likeness (QED) is 0.692. The highest BCUT2D eigenvalue weighted by molar-refractivity contribution is 6.74. The fourth-order valence-electron chi connectivity index (χ4n) is 1.59. The van der Waals surface area contributed by atoms with E-state index in [1.54, 1.807) is 6.92 Å². The van der Waals surface area contributed by atoms with Gasteiger partial charge in [0.15, 0.2) is 8.32 Å². The van der Waals surface area contributed by atoms with Crippen LogP contribution in [0.3, 0.4) is 0 Å². The molecule has 1 rings (SSSR count). The van der Waals surface area contributed by atoms with E-state index in [9.17, 15) is 4.79 Å². The molecule has 0 amide bonds. The van der Waals surface area contributed by atoms with Gasteiger partial charge in [-0.25, -0.2) is 0 Å². The lowest BCUT2D eigenvalue weighted by Gasteiger charge is -2.44. The topological polar surface area (TPSA) is 26.3 Å². The molecule has 1 fully saturated rings. The summed E-state index contributed by atoms with van der Waals surface area (Å²) in [5.41, 5.74) is 0. The minimum atomic E-state index is -1.61. The number of hydrogen-bond acceptors (Lipinski definition) is 2. The number of ketones is 1. The third-order valence-corrected chi connectivity index (χ3v) is 8.47. The Bertz CT molecular complexity index is 247. The summed E-state index contributed by atoms with van der Waals surface area (Å²) >= 11 is 0. The zero-order chi connectivity index (χ0) is 11.9. The molecule has 0 atom stereocenters. The van der Waals surface area contributed by atoms with Crippen molar-refractivity contribution in [3.8, 4) is 0 Å². The van der Waals surface area contributed by atoms with Gasteiger partial charge in [0.05, 0.1) is 0 Å². The highest BCUT2D eigenvalue weighted by atomic mass is 28.4. The molecule has 0 aliphatic heterocycles. The molecule has 0 aromatic carbocycles. The zero-order valence-electron chi connectivity index (χ0n) is 10.9. The van der Waals surface area contributed by atoms with Crippen molar-refractivity contribution in [3.63, 3.8) is 0 Å². The first kappa shape index (κ1) is 12.9. The smallest absolute Gasteiger partial charge is 0.192 e. The van der Waals surface area contributed by atoms with Crippen LogP contribution in [0.1, 0.15) is 40.5 Å². The first-order chi connectivity index (χ1) is 6.63. The third kappa shape index (κ3) is 2.91. The maximum Gasteiger partial charge on any atom is 0.192 e. The lowest BCUT2D eigenvalue weighted by Crippen LogP contribution is -2.48. The van der Waals surface area contributed by atoms with Gasteiger partial charge in [0.25, 0.3) is 0 Å². The standard InChI is InChI=1S/C12H24O2Si/c1-9(13)10-7-11(8-10)14-15(5,6)12(2,3)4/h10-11H,7-8H2,1-6H3/t10-,11+. The summed E-state index contributed by atoms with van der Waals surface area (Å²) < 4.78 is 6.21. The minimum Gasteiger partial charge on any atom is -0.414 e. The molecule has 0 unspecified atom stereocenters. The summed E-state index contributed by atoms with van der Waals surface area (Å²) in [6.07, 6.45) is 2.24. The molecule has 0 heterocycles. The van der Waals surface area contributed by atoms with E-state index in [2.05, 4.69) is 33.9 Å². The molecular formula is C12H24O2Si. The Kier molecular flexibility index (Phi) is 3.46. The van der Waals surface area contributed by atoms with Gasteiger partial charge in [0.1, 0.15) is 5.78 Å². The van der Waals surface area contributed by atoms with Crippen molar-refractivity contribution in [1.29, 1.82) is 0 Å². The van der Waals surface area contributed by atoms with Crippen molar-refractivity contribution < 1.29 is 9.22 Å². The van der Waals surface area contributed by atoms with Gasteiger partial charge in [-0.3, -0.25) is 4.79 Å². The summed E-state index contributed by atoms with van der Waals surface area (Å²) in [5, 5.41) is 0.272. The van der Waals surface area contributed by atoms with Crippen LogP contribution in [0.15, 0.2) is 0 Å². The van der Waals surface area contributed by atoms with Gasteiger partial charge in [0, 0.05) is 12.0 Å². The van der Waals surface area contributed by atoms with Crippen LogP contribution in [0.4, 0.5) is 0 Å². The normalized spacial score (nSPS) is 27.3. The Morgan fingerprint density at radius 3 is 2.07 bits per heavy atom. The summed E-state index contributed by atoms with van der Waals surface area (Å²) in [6.45, 7) is 13.0. The van der Waals surface area contributed by atoms with Crippen LogP contribution in [0, 0.1) is 5.92 Å². The van der Waals surface area contributed by atoms with E-state index in [-0.39, 0.29) is 11.0 Å². The summed E-state index contributed by atoms with van der Waals surface area (Å²) in [7, 11) is -1.61. The van der Waals surface area contributed by atoms with E-state index in [4.69, 9.17) is 4.43 Å². The molecule has 1 saturated carbocycles. The van der Waals surface area contributed by atoms with Crippen molar-refractivity contribution in [1.82, 2.24) is 0 Å². The minimum absolute atomic E-state index is 0.272. The Labute approximate surface area is 94.5 Å².